The average molecular weight is 264 g/mol. The molecule has 2 rings (SSSR count). The van der Waals surface area contributed by atoms with Gasteiger partial charge in [-0.2, -0.15) is 4.98 Å². The first-order chi connectivity index (χ1) is 8.98. The van der Waals surface area contributed by atoms with Crippen molar-refractivity contribution in [2.24, 2.45) is 0 Å². The fraction of sp³-hybridized carbons (Fsp3) is 0.500. The lowest BCUT2D eigenvalue weighted by molar-refractivity contribution is -0.142. The van der Waals surface area contributed by atoms with Crippen molar-refractivity contribution in [1.29, 1.82) is 0 Å². The van der Waals surface area contributed by atoms with Crippen molar-refractivity contribution in [3.63, 3.8) is 0 Å². The molecular formula is C12H16N4O3. The van der Waals surface area contributed by atoms with Crippen LogP contribution in [-0.2, 0) is 4.79 Å². The number of aliphatic carboxylic acids is 1. The summed E-state index contributed by atoms with van der Waals surface area (Å²) in [6.07, 6.45) is 2.55. The van der Waals surface area contributed by atoms with Crippen LogP contribution in [0.3, 0.4) is 0 Å². The van der Waals surface area contributed by atoms with E-state index in [4.69, 9.17) is 4.52 Å². The van der Waals surface area contributed by atoms with Crippen molar-refractivity contribution in [3.05, 3.63) is 12.0 Å². The Labute approximate surface area is 110 Å². The number of anilines is 1. The number of hydrogen-bond acceptors (Lipinski definition) is 6. The van der Waals surface area contributed by atoms with Gasteiger partial charge in [-0.25, -0.2) is 9.78 Å². The monoisotopic (exact) mass is 264 g/mol. The minimum Gasteiger partial charge on any atom is -0.480 e. The van der Waals surface area contributed by atoms with Crippen LogP contribution in [0.5, 0.6) is 0 Å². The molecule has 2 N–H and O–H groups in total. The second-order valence-electron chi connectivity index (χ2n) is 4.68. The number of carbonyl (C=O) groups is 1. The fourth-order valence-corrected chi connectivity index (χ4v) is 2.00. The van der Waals surface area contributed by atoms with Gasteiger partial charge < -0.3 is 14.9 Å². The van der Waals surface area contributed by atoms with Gasteiger partial charge in [0.25, 0.3) is 5.71 Å². The second-order valence-corrected chi connectivity index (χ2v) is 4.68. The number of carboxylic acids is 1. The van der Waals surface area contributed by atoms with E-state index >= 15 is 0 Å². The topological polar surface area (TPSA) is 101 Å². The Morgan fingerprint density at radius 3 is 2.89 bits per heavy atom. The Morgan fingerprint density at radius 1 is 1.53 bits per heavy atom. The minimum atomic E-state index is -1.08. The normalized spacial score (nSPS) is 14.3. The molecule has 1 atom stereocenters. The minimum absolute atomic E-state index is 0.347. The first-order valence-corrected chi connectivity index (χ1v) is 6.06. The van der Waals surface area contributed by atoms with E-state index in [0.717, 1.165) is 6.42 Å². The zero-order valence-electron chi connectivity index (χ0n) is 11.1. The molecule has 1 unspecified atom stereocenters. The number of carboxylic acid groups (broad SMARTS) is 1. The van der Waals surface area contributed by atoms with E-state index in [1.54, 1.807) is 13.8 Å². The number of aryl methyl sites for hydroxylation is 1. The van der Waals surface area contributed by atoms with E-state index in [9.17, 15) is 9.90 Å². The number of nitrogens with one attached hydrogen (secondary N) is 1. The molecule has 0 aliphatic carbocycles. The van der Waals surface area contributed by atoms with Gasteiger partial charge in [-0.1, -0.05) is 18.5 Å². The maximum Gasteiger partial charge on any atom is 0.329 e. The molecule has 2 aromatic rings. The van der Waals surface area contributed by atoms with Gasteiger partial charge in [-0.05, 0) is 20.3 Å². The summed E-state index contributed by atoms with van der Waals surface area (Å²) in [5, 5.41) is 16.8. The quantitative estimate of drug-likeness (QED) is 0.851. The molecule has 2 heterocycles. The summed E-state index contributed by atoms with van der Waals surface area (Å²) in [5.41, 5.74) is -0.110. The summed E-state index contributed by atoms with van der Waals surface area (Å²) in [4.78, 5) is 19.5. The van der Waals surface area contributed by atoms with Gasteiger partial charge in [-0.15, -0.1) is 0 Å². The lowest BCUT2D eigenvalue weighted by atomic mass is 9.96. The zero-order valence-corrected chi connectivity index (χ0v) is 11.1. The SMILES string of the molecule is CCCC(C)(Nc1ncnc2onc(C)c12)C(=O)O. The van der Waals surface area contributed by atoms with Crippen molar-refractivity contribution in [1.82, 2.24) is 15.1 Å². The van der Waals surface area contributed by atoms with E-state index in [2.05, 4.69) is 20.4 Å². The molecule has 0 bridgehead atoms. The summed E-state index contributed by atoms with van der Waals surface area (Å²) in [5.74, 6) is -0.489. The maximum atomic E-state index is 11.4. The van der Waals surface area contributed by atoms with Crippen molar-refractivity contribution >= 4 is 22.9 Å². The Hall–Kier alpha value is -2.18. The fourth-order valence-electron chi connectivity index (χ4n) is 2.00. The molecular weight excluding hydrogens is 248 g/mol. The molecule has 7 heteroatoms. The van der Waals surface area contributed by atoms with Crippen molar-refractivity contribution in [2.75, 3.05) is 5.32 Å². The molecule has 0 aliphatic heterocycles. The number of fused-ring (bicyclic) bond motifs is 1. The molecule has 0 fully saturated rings. The van der Waals surface area contributed by atoms with E-state index in [0.29, 0.717) is 29.0 Å². The Bertz CT molecular complexity index is 610. The van der Waals surface area contributed by atoms with Gasteiger partial charge >= 0.3 is 5.97 Å². The highest BCUT2D eigenvalue weighted by atomic mass is 16.5. The molecule has 2 aromatic heterocycles. The van der Waals surface area contributed by atoms with Crippen molar-refractivity contribution < 1.29 is 14.4 Å². The molecule has 0 aromatic carbocycles. The van der Waals surface area contributed by atoms with E-state index < -0.39 is 11.5 Å². The number of aromatic nitrogens is 3. The molecule has 0 spiro atoms. The lowest BCUT2D eigenvalue weighted by Crippen LogP contribution is -2.43. The van der Waals surface area contributed by atoms with Gasteiger partial charge in [-0.3, -0.25) is 0 Å². The van der Waals surface area contributed by atoms with Gasteiger partial charge in [0, 0.05) is 0 Å². The molecule has 102 valence electrons. The summed E-state index contributed by atoms with van der Waals surface area (Å²) < 4.78 is 5.04. The van der Waals surface area contributed by atoms with Crippen LogP contribution < -0.4 is 5.32 Å². The Kier molecular flexibility index (Phi) is 3.37. The van der Waals surface area contributed by atoms with Crippen LogP contribution in [0, 0.1) is 6.92 Å². The summed E-state index contributed by atoms with van der Waals surface area (Å²) in [6.45, 7) is 5.33. The second kappa shape index (κ2) is 4.83. The predicted molar refractivity (Wildman–Crippen MR) is 68.9 cm³/mol. The van der Waals surface area contributed by atoms with E-state index in [-0.39, 0.29) is 0 Å². The smallest absolute Gasteiger partial charge is 0.329 e. The average Bonchev–Trinajstić information content (AvgIpc) is 2.72. The van der Waals surface area contributed by atoms with Crippen LogP contribution in [0.2, 0.25) is 0 Å². The summed E-state index contributed by atoms with van der Waals surface area (Å²) in [6, 6.07) is 0. The van der Waals surface area contributed by atoms with Gasteiger partial charge in [0.2, 0.25) is 0 Å². The Balaban J connectivity index is 2.45. The third-order valence-electron chi connectivity index (χ3n) is 3.06. The van der Waals surface area contributed by atoms with Crippen LogP contribution in [-0.4, -0.2) is 31.7 Å². The number of rotatable bonds is 5. The first kappa shape index (κ1) is 13.3. The summed E-state index contributed by atoms with van der Waals surface area (Å²) in [7, 11) is 0. The molecule has 0 aliphatic rings. The Morgan fingerprint density at radius 2 is 2.26 bits per heavy atom. The number of hydrogen-bond donors (Lipinski definition) is 2. The largest absolute Gasteiger partial charge is 0.480 e. The van der Waals surface area contributed by atoms with Crippen LogP contribution >= 0.6 is 0 Å². The maximum absolute atomic E-state index is 11.4. The highest BCUT2D eigenvalue weighted by Crippen LogP contribution is 2.27. The van der Waals surface area contributed by atoms with Gasteiger partial charge in [0.05, 0.1) is 5.69 Å². The van der Waals surface area contributed by atoms with Crippen molar-refractivity contribution in [2.45, 2.75) is 39.2 Å². The third-order valence-corrected chi connectivity index (χ3v) is 3.06. The molecule has 0 saturated heterocycles. The van der Waals surface area contributed by atoms with Crippen LogP contribution in [0.4, 0.5) is 5.82 Å². The van der Waals surface area contributed by atoms with E-state index in [1.165, 1.54) is 6.33 Å². The highest BCUT2D eigenvalue weighted by Gasteiger charge is 2.33. The molecule has 0 saturated carbocycles. The molecule has 19 heavy (non-hydrogen) atoms. The number of nitrogens with zero attached hydrogens (tertiary/aromatic N) is 3. The van der Waals surface area contributed by atoms with Crippen LogP contribution in [0.1, 0.15) is 32.4 Å². The van der Waals surface area contributed by atoms with Crippen molar-refractivity contribution in [3.8, 4) is 0 Å². The lowest BCUT2D eigenvalue weighted by Gasteiger charge is -2.26. The van der Waals surface area contributed by atoms with E-state index in [1.807, 2.05) is 6.92 Å². The zero-order chi connectivity index (χ0) is 14.0. The van der Waals surface area contributed by atoms with Crippen LogP contribution in [0.25, 0.3) is 11.1 Å². The first-order valence-electron chi connectivity index (χ1n) is 6.06. The predicted octanol–water partition coefficient (Wildman–Crippen LogP) is 1.98. The standard InChI is InChI=1S/C12H16N4O3/c1-4-5-12(3,11(17)18)15-9-8-7(2)16-19-10(8)14-6-13-9/h6H,4-5H2,1-3H3,(H,17,18)(H,13,14,15). The summed E-state index contributed by atoms with van der Waals surface area (Å²) >= 11 is 0. The van der Waals surface area contributed by atoms with Crippen LogP contribution in [0.15, 0.2) is 10.9 Å². The van der Waals surface area contributed by atoms with Gasteiger partial charge in [0.1, 0.15) is 23.1 Å². The highest BCUT2D eigenvalue weighted by molar-refractivity contribution is 5.91. The molecule has 7 nitrogen and oxygen atoms in total. The van der Waals surface area contributed by atoms with Gasteiger partial charge in [0.15, 0.2) is 0 Å². The molecule has 0 radical (unpaired) electrons. The molecule has 0 amide bonds. The third kappa shape index (κ3) is 2.35.